The van der Waals surface area contributed by atoms with Crippen LogP contribution in [0.1, 0.15) is 69.5 Å². The van der Waals surface area contributed by atoms with Crippen molar-refractivity contribution in [3.63, 3.8) is 0 Å². The Morgan fingerprint density at radius 1 is 0.898 bits per heavy atom. The van der Waals surface area contributed by atoms with E-state index >= 15 is 0 Å². The first-order valence-electron chi connectivity index (χ1n) is 17.0. The third-order valence-electron chi connectivity index (χ3n) is 8.59. The highest BCUT2D eigenvalue weighted by Crippen LogP contribution is 2.35. The number of likely N-dealkylation sites (tertiary alicyclic amines) is 1. The van der Waals surface area contributed by atoms with Crippen LogP contribution in [0.2, 0.25) is 0 Å². The first-order valence-corrected chi connectivity index (χ1v) is 18.8. The number of para-hydroxylation sites is 1. The number of unbranched alkanes of at least 4 members (excludes halogenated alkanes) is 6. The molecule has 268 valence electrons. The molecule has 0 aliphatic carbocycles. The second-order valence-corrected chi connectivity index (χ2v) is 14.4. The van der Waals surface area contributed by atoms with E-state index in [-0.39, 0.29) is 23.3 Å². The van der Waals surface area contributed by atoms with Crippen LogP contribution >= 0.6 is 0 Å². The summed E-state index contributed by atoms with van der Waals surface area (Å²) >= 11 is 0. The number of amides is 1. The standard InChI is InChI=1S/C36H49FN4O7S/c1-49(46,47)40-32-23-26(13-16-33(32)42)35(44)25-38-19-9-5-3-2-4-6-10-20-41-21-17-28(18-22-41)48-36(45)39-31-12-8-7-11-29(31)30-15-14-27(37)24-34(30)43/h7-8,11-16,23-24,28,35,38,40,42-44H,2-6,9-10,17-22,25H2,1H3,(H,39,45)/t35-/m0/s1. The fourth-order valence-corrected chi connectivity index (χ4v) is 6.53. The van der Waals surface area contributed by atoms with Gasteiger partial charge in [0.05, 0.1) is 23.7 Å². The summed E-state index contributed by atoms with van der Waals surface area (Å²) in [4.78, 5) is 15.1. The number of aromatic hydroxyl groups is 2. The third kappa shape index (κ3) is 12.8. The fourth-order valence-electron chi connectivity index (χ4n) is 5.97. The Morgan fingerprint density at radius 3 is 2.31 bits per heavy atom. The van der Waals surface area contributed by atoms with Crippen LogP contribution < -0.4 is 15.4 Å². The second-order valence-electron chi connectivity index (χ2n) is 12.6. The number of piperidine rings is 1. The number of aliphatic hydroxyl groups excluding tert-OH is 1. The molecular weight excluding hydrogens is 651 g/mol. The minimum Gasteiger partial charge on any atom is -0.507 e. The van der Waals surface area contributed by atoms with Gasteiger partial charge < -0.3 is 30.3 Å². The van der Waals surface area contributed by atoms with Crippen LogP contribution in [0.25, 0.3) is 11.1 Å². The van der Waals surface area contributed by atoms with Crippen molar-refractivity contribution >= 4 is 27.5 Å². The molecule has 0 bridgehead atoms. The maximum Gasteiger partial charge on any atom is 0.411 e. The van der Waals surface area contributed by atoms with Gasteiger partial charge in [-0.25, -0.2) is 17.6 Å². The average Bonchev–Trinajstić information content (AvgIpc) is 3.05. The fraction of sp³-hybridized carbons (Fsp3) is 0.472. The number of aliphatic hydroxyl groups is 1. The van der Waals surface area contributed by atoms with Crippen molar-refractivity contribution in [1.29, 1.82) is 0 Å². The summed E-state index contributed by atoms with van der Waals surface area (Å²) in [5.74, 6) is -0.938. The van der Waals surface area contributed by atoms with Crippen LogP contribution in [0, 0.1) is 5.82 Å². The second kappa shape index (κ2) is 18.7. The number of phenols is 2. The van der Waals surface area contributed by atoms with Crippen LogP contribution in [0.3, 0.4) is 0 Å². The van der Waals surface area contributed by atoms with Gasteiger partial charge in [0.15, 0.2) is 0 Å². The van der Waals surface area contributed by atoms with E-state index in [1.54, 1.807) is 30.3 Å². The summed E-state index contributed by atoms with van der Waals surface area (Å²) in [7, 11) is -3.54. The molecule has 1 fully saturated rings. The van der Waals surface area contributed by atoms with Crippen LogP contribution in [0.4, 0.5) is 20.6 Å². The molecule has 49 heavy (non-hydrogen) atoms. The van der Waals surface area contributed by atoms with Crippen molar-refractivity contribution in [3.05, 3.63) is 72.0 Å². The van der Waals surface area contributed by atoms with Crippen LogP contribution in [0.15, 0.2) is 60.7 Å². The van der Waals surface area contributed by atoms with Gasteiger partial charge in [-0.2, -0.15) is 0 Å². The van der Waals surface area contributed by atoms with Gasteiger partial charge in [-0.15, -0.1) is 0 Å². The maximum atomic E-state index is 13.5. The number of ether oxygens (including phenoxy) is 1. The van der Waals surface area contributed by atoms with Crippen LogP contribution in [-0.2, 0) is 14.8 Å². The molecule has 0 radical (unpaired) electrons. The molecule has 1 amide bonds. The Balaban J connectivity index is 1.01. The van der Waals surface area contributed by atoms with E-state index in [1.165, 1.54) is 43.5 Å². The van der Waals surface area contributed by atoms with Gasteiger partial charge in [-0.05, 0) is 74.7 Å². The first-order chi connectivity index (χ1) is 23.5. The molecule has 1 aliphatic heterocycles. The predicted molar refractivity (Wildman–Crippen MR) is 190 cm³/mol. The van der Waals surface area contributed by atoms with E-state index in [1.807, 2.05) is 0 Å². The minimum absolute atomic E-state index is 0.0448. The lowest BCUT2D eigenvalue weighted by atomic mass is 10.0. The Bertz CT molecular complexity index is 1620. The number of hydrogen-bond acceptors (Lipinski definition) is 9. The maximum absolute atomic E-state index is 13.5. The molecule has 11 nitrogen and oxygen atoms in total. The number of phenolic OH excluding ortho intramolecular Hbond substituents is 2. The summed E-state index contributed by atoms with van der Waals surface area (Å²) in [5, 5.41) is 36.5. The van der Waals surface area contributed by atoms with Gasteiger partial charge in [0.25, 0.3) is 0 Å². The highest BCUT2D eigenvalue weighted by atomic mass is 32.2. The molecule has 0 saturated carbocycles. The minimum atomic E-state index is -3.54. The number of nitrogens with zero attached hydrogens (tertiary/aromatic N) is 1. The molecule has 6 N–H and O–H groups in total. The Labute approximate surface area is 288 Å². The van der Waals surface area contributed by atoms with Gasteiger partial charge >= 0.3 is 6.09 Å². The van der Waals surface area contributed by atoms with Crippen molar-refractivity contribution in [2.24, 2.45) is 0 Å². The Kier molecular flexibility index (Phi) is 14.5. The van der Waals surface area contributed by atoms with Crippen molar-refractivity contribution in [3.8, 4) is 22.6 Å². The average molecular weight is 701 g/mol. The van der Waals surface area contributed by atoms with Crippen molar-refractivity contribution < 1.29 is 37.7 Å². The summed E-state index contributed by atoms with van der Waals surface area (Å²) in [6, 6.07) is 15.2. The number of carbonyl (C=O) groups excluding carboxylic acids is 1. The van der Waals surface area contributed by atoms with E-state index in [9.17, 15) is 32.9 Å². The van der Waals surface area contributed by atoms with Gasteiger partial charge in [0.1, 0.15) is 23.4 Å². The SMILES string of the molecule is CS(=O)(=O)Nc1cc([C@@H](O)CNCCCCCCCCCN2CCC(OC(=O)Nc3ccccc3-c3ccc(F)cc3O)CC2)ccc1O. The lowest BCUT2D eigenvalue weighted by molar-refractivity contribution is 0.0584. The van der Waals surface area contributed by atoms with Gasteiger partial charge in [0.2, 0.25) is 10.0 Å². The Morgan fingerprint density at radius 2 is 1.59 bits per heavy atom. The number of rotatable bonds is 18. The number of sulfonamides is 1. The van der Waals surface area contributed by atoms with Gasteiger partial charge in [-0.3, -0.25) is 10.0 Å². The summed E-state index contributed by atoms with van der Waals surface area (Å²) < 4.78 is 44.3. The summed E-state index contributed by atoms with van der Waals surface area (Å²) in [5.41, 5.74) is 2.04. The van der Waals surface area contributed by atoms with Crippen molar-refractivity contribution in [2.75, 3.05) is 49.0 Å². The molecule has 1 aliphatic rings. The lowest BCUT2D eigenvalue weighted by Crippen LogP contribution is -2.38. The summed E-state index contributed by atoms with van der Waals surface area (Å²) in [6.45, 7) is 3.90. The molecular formula is C36H49FN4O7S. The van der Waals surface area contributed by atoms with Gasteiger partial charge in [-0.1, -0.05) is 56.4 Å². The molecule has 1 saturated heterocycles. The molecule has 3 aromatic carbocycles. The molecule has 1 atom stereocenters. The number of anilines is 2. The number of nitrogens with one attached hydrogen (secondary N) is 3. The number of benzene rings is 3. The topological polar surface area (TPSA) is 160 Å². The number of halogens is 1. The van der Waals surface area contributed by atoms with Crippen molar-refractivity contribution in [1.82, 2.24) is 10.2 Å². The molecule has 13 heteroatoms. The van der Waals surface area contributed by atoms with E-state index < -0.39 is 28.0 Å². The lowest BCUT2D eigenvalue weighted by Gasteiger charge is -2.31. The van der Waals surface area contributed by atoms with E-state index in [0.717, 1.165) is 77.0 Å². The third-order valence-corrected chi connectivity index (χ3v) is 9.18. The number of carbonyl (C=O) groups is 1. The molecule has 4 rings (SSSR count). The molecule has 0 unspecified atom stereocenters. The zero-order valence-corrected chi connectivity index (χ0v) is 28.9. The van der Waals surface area contributed by atoms with E-state index in [0.29, 0.717) is 28.9 Å². The predicted octanol–water partition coefficient (Wildman–Crippen LogP) is 6.34. The normalized spacial score (nSPS) is 14.8. The highest BCUT2D eigenvalue weighted by Gasteiger charge is 2.23. The zero-order chi connectivity index (χ0) is 35.2. The van der Waals surface area contributed by atoms with E-state index in [2.05, 4.69) is 20.3 Å². The molecule has 0 aromatic heterocycles. The van der Waals surface area contributed by atoms with Crippen LogP contribution in [0.5, 0.6) is 11.5 Å². The van der Waals surface area contributed by atoms with Crippen molar-refractivity contribution in [2.45, 2.75) is 70.0 Å². The molecule has 3 aromatic rings. The zero-order valence-electron chi connectivity index (χ0n) is 28.0. The largest absolute Gasteiger partial charge is 0.507 e. The van der Waals surface area contributed by atoms with Crippen LogP contribution in [-0.4, -0.2) is 79.8 Å². The van der Waals surface area contributed by atoms with Gasteiger partial charge in [0, 0.05) is 36.8 Å². The number of hydrogen-bond donors (Lipinski definition) is 6. The first kappa shape index (κ1) is 37.9. The quantitative estimate of drug-likeness (QED) is 0.0657. The molecule has 0 spiro atoms. The smallest absolute Gasteiger partial charge is 0.411 e. The monoisotopic (exact) mass is 700 g/mol. The van der Waals surface area contributed by atoms with E-state index in [4.69, 9.17) is 4.74 Å². The Hall–Kier alpha value is -3.91. The highest BCUT2D eigenvalue weighted by molar-refractivity contribution is 7.92. The molecule has 1 heterocycles. The summed E-state index contributed by atoms with van der Waals surface area (Å²) in [6.07, 6.45) is 8.96.